The third kappa shape index (κ3) is 1.84. The third-order valence-corrected chi connectivity index (χ3v) is 3.20. The summed E-state index contributed by atoms with van der Waals surface area (Å²) in [5.41, 5.74) is -0.244. The van der Waals surface area contributed by atoms with Gasteiger partial charge in [-0.2, -0.15) is 0 Å². The van der Waals surface area contributed by atoms with Crippen LogP contribution in [0.15, 0.2) is 24.3 Å². The fourth-order valence-corrected chi connectivity index (χ4v) is 1.77. The molecule has 0 amide bonds. The van der Waals surface area contributed by atoms with Crippen molar-refractivity contribution in [2.75, 3.05) is 0 Å². The van der Waals surface area contributed by atoms with Gasteiger partial charge in [-0.15, -0.1) is 0 Å². The minimum atomic E-state index is -0.323. The molecule has 0 spiro atoms. The molecule has 0 saturated heterocycles. The maximum atomic E-state index is 12.9. The lowest BCUT2D eigenvalue weighted by atomic mass is 9.66. The highest BCUT2D eigenvalue weighted by Crippen LogP contribution is 2.42. The molecular weight excluding hydrogens is 195 g/mol. The average Bonchev–Trinajstić information content (AvgIpc) is 2.17. The minimum Gasteiger partial charge on any atom is -0.490 e. The second-order valence-corrected chi connectivity index (χ2v) is 4.64. The molecule has 2 rings (SSSR count). The Morgan fingerprint density at radius 2 is 2.20 bits per heavy atom. The van der Waals surface area contributed by atoms with Gasteiger partial charge < -0.3 is 9.84 Å². The molecule has 15 heavy (non-hydrogen) atoms. The number of halogens is 1. The molecule has 3 heteroatoms. The number of ether oxygens (including phenoxy) is 1. The van der Waals surface area contributed by atoms with Crippen LogP contribution in [0.5, 0.6) is 5.75 Å². The van der Waals surface area contributed by atoms with Crippen LogP contribution in [0.4, 0.5) is 4.39 Å². The normalized spacial score (nSPS) is 28.3. The lowest BCUT2D eigenvalue weighted by Gasteiger charge is -2.48. The summed E-state index contributed by atoms with van der Waals surface area (Å²) in [4.78, 5) is 0. The van der Waals surface area contributed by atoms with Gasteiger partial charge in [0.05, 0.1) is 6.10 Å². The number of rotatable bonds is 2. The topological polar surface area (TPSA) is 29.5 Å². The predicted octanol–water partition coefficient (Wildman–Crippen LogP) is 2.36. The lowest BCUT2D eigenvalue weighted by Crippen LogP contribution is -2.56. The smallest absolute Gasteiger partial charge is 0.126 e. The molecule has 0 heterocycles. The van der Waals surface area contributed by atoms with Crippen LogP contribution in [0.3, 0.4) is 0 Å². The van der Waals surface area contributed by atoms with E-state index in [0.29, 0.717) is 12.2 Å². The van der Waals surface area contributed by atoms with Gasteiger partial charge in [-0.25, -0.2) is 4.39 Å². The van der Waals surface area contributed by atoms with E-state index in [-0.39, 0.29) is 23.4 Å². The van der Waals surface area contributed by atoms with E-state index in [1.165, 1.54) is 12.1 Å². The van der Waals surface area contributed by atoms with Crippen LogP contribution in [0.2, 0.25) is 0 Å². The molecule has 0 aliphatic heterocycles. The van der Waals surface area contributed by atoms with Crippen molar-refractivity contribution in [2.24, 2.45) is 5.41 Å². The van der Waals surface area contributed by atoms with E-state index in [1.807, 2.05) is 13.8 Å². The van der Waals surface area contributed by atoms with Crippen LogP contribution in [0.25, 0.3) is 0 Å². The molecule has 2 atom stereocenters. The Balaban J connectivity index is 2.05. The summed E-state index contributed by atoms with van der Waals surface area (Å²) in [5, 5.41) is 9.52. The monoisotopic (exact) mass is 210 g/mol. The number of aliphatic hydroxyl groups excluding tert-OH is 1. The van der Waals surface area contributed by atoms with Gasteiger partial charge in [0, 0.05) is 17.9 Å². The van der Waals surface area contributed by atoms with Crippen LogP contribution in [-0.4, -0.2) is 17.3 Å². The second kappa shape index (κ2) is 3.49. The Labute approximate surface area is 88.7 Å². The van der Waals surface area contributed by atoms with E-state index in [4.69, 9.17) is 4.74 Å². The van der Waals surface area contributed by atoms with Gasteiger partial charge in [0.15, 0.2) is 0 Å². The zero-order valence-electron chi connectivity index (χ0n) is 8.90. The number of aliphatic hydroxyl groups is 1. The van der Waals surface area contributed by atoms with Crippen molar-refractivity contribution in [1.29, 1.82) is 0 Å². The van der Waals surface area contributed by atoms with Crippen molar-refractivity contribution in [2.45, 2.75) is 32.5 Å². The number of benzene rings is 1. The van der Waals surface area contributed by atoms with E-state index < -0.39 is 0 Å². The van der Waals surface area contributed by atoms with Gasteiger partial charge in [-0.1, -0.05) is 19.9 Å². The molecule has 1 saturated carbocycles. The largest absolute Gasteiger partial charge is 0.490 e. The zero-order chi connectivity index (χ0) is 11.1. The molecule has 82 valence electrons. The quantitative estimate of drug-likeness (QED) is 0.812. The minimum absolute atomic E-state index is 0.0331. The molecule has 1 aromatic carbocycles. The van der Waals surface area contributed by atoms with Crippen LogP contribution < -0.4 is 4.74 Å². The highest BCUT2D eigenvalue weighted by Gasteiger charge is 2.49. The first-order valence-corrected chi connectivity index (χ1v) is 5.10. The number of hydrogen-bond donors (Lipinski definition) is 1. The first-order chi connectivity index (χ1) is 7.00. The molecule has 1 aromatic rings. The van der Waals surface area contributed by atoms with Crippen LogP contribution in [0.1, 0.15) is 20.3 Å². The van der Waals surface area contributed by atoms with Gasteiger partial charge in [-0.05, 0) is 12.1 Å². The third-order valence-electron chi connectivity index (χ3n) is 3.20. The highest BCUT2D eigenvalue weighted by atomic mass is 19.1. The molecular formula is C12H15FO2. The van der Waals surface area contributed by atoms with Crippen molar-refractivity contribution < 1.29 is 14.2 Å². The summed E-state index contributed by atoms with van der Waals surface area (Å²) in [7, 11) is 0. The molecule has 2 unspecified atom stereocenters. The second-order valence-electron chi connectivity index (χ2n) is 4.64. The van der Waals surface area contributed by atoms with Gasteiger partial charge in [0.25, 0.3) is 0 Å². The highest BCUT2D eigenvalue weighted by molar-refractivity contribution is 5.23. The van der Waals surface area contributed by atoms with Crippen molar-refractivity contribution in [3.8, 4) is 5.75 Å². The van der Waals surface area contributed by atoms with E-state index >= 15 is 0 Å². The molecule has 1 aliphatic carbocycles. The Bertz CT molecular complexity index is 362. The molecule has 0 aromatic heterocycles. The first-order valence-electron chi connectivity index (χ1n) is 5.10. The van der Waals surface area contributed by atoms with Gasteiger partial charge >= 0.3 is 0 Å². The van der Waals surface area contributed by atoms with E-state index in [2.05, 4.69) is 0 Å². The van der Waals surface area contributed by atoms with E-state index in [0.717, 1.165) is 0 Å². The summed E-state index contributed by atoms with van der Waals surface area (Å²) in [5.74, 6) is 0.227. The Morgan fingerprint density at radius 3 is 2.73 bits per heavy atom. The standard InChI is InChI=1S/C12H15FO2/c1-12(2)10(14)7-11(12)15-9-5-3-4-8(13)6-9/h3-6,10-11,14H,7H2,1-2H3. The number of hydrogen-bond acceptors (Lipinski definition) is 2. The summed E-state index contributed by atoms with van der Waals surface area (Å²) in [6.45, 7) is 3.90. The maximum absolute atomic E-state index is 12.9. The predicted molar refractivity (Wildman–Crippen MR) is 55.2 cm³/mol. The van der Waals surface area contributed by atoms with Crippen LogP contribution in [-0.2, 0) is 0 Å². The summed E-state index contributed by atoms with van der Waals surface area (Å²) < 4.78 is 18.5. The van der Waals surface area contributed by atoms with Crippen molar-refractivity contribution in [1.82, 2.24) is 0 Å². The Hall–Kier alpha value is -1.09. The molecule has 2 nitrogen and oxygen atoms in total. The Morgan fingerprint density at radius 1 is 1.47 bits per heavy atom. The SMILES string of the molecule is CC1(C)C(O)CC1Oc1cccc(F)c1. The summed E-state index contributed by atoms with van der Waals surface area (Å²) >= 11 is 0. The molecule has 1 fully saturated rings. The van der Waals surface area contributed by atoms with Gasteiger partial charge in [0.1, 0.15) is 17.7 Å². The van der Waals surface area contributed by atoms with Gasteiger partial charge in [0.2, 0.25) is 0 Å². The zero-order valence-corrected chi connectivity index (χ0v) is 8.90. The van der Waals surface area contributed by atoms with Crippen LogP contribution in [0, 0.1) is 11.2 Å². The molecule has 1 N–H and O–H groups in total. The summed E-state index contributed by atoms with van der Waals surface area (Å²) in [6, 6.07) is 6.09. The lowest BCUT2D eigenvalue weighted by molar-refractivity contribution is -0.134. The molecule has 1 aliphatic rings. The van der Waals surface area contributed by atoms with Crippen molar-refractivity contribution in [3.63, 3.8) is 0 Å². The van der Waals surface area contributed by atoms with Crippen molar-refractivity contribution >= 4 is 0 Å². The van der Waals surface area contributed by atoms with E-state index in [1.54, 1.807) is 12.1 Å². The maximum Gasteiger partial charge on any atom is 0.126 e. The van der Waals surface area contributed by atoms with Gasteiger partial charge in [-0.3, -0.25) is 0 Å². The van der Waals surface area contributed by atoms with Crippen molar-refractivity contribution in [3.05, 3.63) is 30.1 Å². The molecule has 0 radical (unpaired) electrons. The van der Waals surface area contributed by atoms with E-state index in [9.17, 15) is 9.50 Å². The Kier molecular flexibility index (Phi) is 2.43. The average molecular weight is 210 g/mol. The molecule has 0 bridgehead atoms. The summed E-state index contributed by atoms with van der Waals surface area (Å²) in [6.07, 6.45) is 0.258. The van der Waals surface area contributed by atoms with Crippen LogP contribution >= 0.6 is 0 Å². The first kappa shape index (κ1) is 10.4. The fourth-order valence-electron chi connectivity index (χ4n) is 1.77. The fraction of sp³-hybridized carbons (Fsp3) is 0.500.